The summed E-state index contributed by atoms with van der Waals surface area (Å²) in [5.74, 6) is 0.00996. The van der Waals surface area contributed by atoms with Crippen molar-refractivity contribution in [2.75, 3.05) is 39.5 Å². The number of aromatic nitrogens is 1. The number of ether oxygens (including phenoxy) is 1. The number of nitrogens with one attached hydrogen (secondary N) is 3. The first-order valence-corrected chi connectivity index (χ1v) is 14.0. The van der Waals surface area contributed by atoms with Gasteiger partial charge in [-0.2, -0.15) is 8.42 Å². The lowest BCUT2D eigenvalue weighted by molar-refractivity contribution is 0.0966. The number of H-pyrrole nitrogens is 1. The van der Waals surface area contributed by atoms with E-state index in [0.717, 1.165) is 62.0 Å². The van der Waals surface area contributed by atoms with E-state index >= 15 is 0 Å². The van der Waals surface area contributed by atoms with Crippen molar-refractivity contribution >= 4 is 26.9 Å². The van der Waals surface area contributed by atoms with Gasteiger partial charge in [-0.05, 0) is 62.4 Å². The van der Waals surface area contributed by atoms with Crippen LogP contribution in [0.3, 0.4) is 0 Å². The zero-order valence-corrected chi connectivity index (χ0v) is 22.0. The summed E-state index contributed by atoms with van der Waals surface area (Å²) in [6.07, 6.45) is 2.07. The maximum absolute atomic E-state index is 12.7. The van der Waals surface area contributed by atoms with Crippen molar-refractivity contribution in [2.24, 2.45) is 0 Å². The molecule has 0 bridgehead atoms. The van der Waals surface area contributed by atoms with E-state index in [0.29, 0.717) is 16.7 Å². The third kappa shape index (κ3) is 5.66. The number of benzene rings is 2. The molecule has 0 saturated carbocycles. The molecule has 0 saturated heterocycles. The minimum atomic E-state index is -3.81. The fraction of sp³-hybridized carbons (Fsp3) is 0.423. The average Bonchev–Trinajstić information content (AvgIpc) is 3.44. The molecule has 3 N–H and O–H groups in total. The first-order valence-electron chi connectivity index (χ1n) is 12.2. The Bertz CT molecular complexity index is 1360. The fourth-order valence-corrected chi connectivity index (χ4v) is 5.11. The molecule has 0 radical (unpaired) electrons. The first-order chi connectivity index (χ1) is 17.2. The molecule has 1 aromatic heterocycles. The normalized spacial score (nSPS) is 13.3. The lowest BCUT2D eigenvalue weighted by atomic mass is 9.98. The van der Waals surface area contributed by atoms with Crippen molar-refractivity contribution < 1.29 is 22.1 Å². The highest BCUT2D eigenvalue weighted by Gasteiger charge is 2.31. The Morgan fingerprint density at radius 3 is 2.61 bits per heavy atom. The van der Waals surface area contributed by atoms with Gasteiger partial charge in [0.05, 0.1) is 18.9 Å². The number of amides is 1. The van der Waals surface area contributed by atoms with Crippen molar-refractivity contribution in [3.05, 3.63) is 47.0 Å². The molecule has 9 nitrogen and oxygen atoms in total. The lowest BCUT2D eigenvalue weighted by Crippen LogP contribution is -2.27. The van der Waals surface area contributed by atoms with Crippen molar-refractivity contribution in [1.82, 2.24) is 20.5 Å². The van der Waals surface area contributed by atoms with Crippen LogP contribution < -0.4 is 19.6 Å². The number of carbonyl (C=O) groups is 1. The zero-order chi connectivity index (χ0) is 25.9. The van der Waals surface area contributed by atoms with E-state index in [-0.39, 0.29) is 24.0 Å². The van der Waals surface area contributed by atoms with Gasteiger partial charge in [-0.1, -0.05) is 19.9 Å². The lowest BCUT2D eigenvalue weighted by Gasteiger charge is -2.17. The second kappa shape index (κ2) is 10.9. The number of rotatable bonds is 12. The van der Waals surface area contributed by atoms with Crippen molar-refractivity contribution in [1.29, 1.82) is 0 Å². The molecule has 3 aromatic rings. The predicted molar refractivity (Wildman–Crippen MR) is 141 cm³/mol. The van der Waals surface area contributed by atoms with Crippen LogP contribution in [0, 0.1) is 0 Å². The van der Waals surface area contributed by atoms with Crippen LogP contribution >= 0.6 is 0 Å². The molecule has 4 rings (SSSR count). The third-order valence-electron chi connectivity index (χ3n) is 6.48. The van der Waals surface area contributed by atoms with Crippen LogP contribution in [0.15, 0.2) is 30.3 Å². The number of carbonyl (C=O) groups excluding carboxylic acids is 1. The molecule has 1 aliphatic rings. The van der Waals surface area contributed by atoms with Crippen molar-refractivity contribution in [2.45, 2.75) is 33.4 Å². The number of aromatic amines is 1. The van der Waals surface area contributed by atoms with Crippen LogP contribution in [0.25, 0.3) is 22.2 Å². The van der Waals surface area contributed by atoms with Crippen LogP contribution in [0.4, 0.5) is 0 Å². The van der Waals surface area contributed by atoms with Gasteiger partial charge >= 0.3 is 10.1 Å². The Morgan fingerprint density at radius 2 is 1.92 bits per heavy atom. The molecule has 10 heteroatoms. The van der Waals surface area contributed by atoms with E-state index in [1.54, 1.807) is 6.07 Å². The van der Waals surface area contributed by atoms with Crippen LogP contribution in [-0.2, 0) is 23.2 Å². The Hall–Kier alpha value is -3.08. The summed E-state index contributed by atoms with van der Waals surface area (Å²) in [7, 11) is -2.36. The molecule has 0 aliphatic carbocycles. The number of methoxy groups -OCH3 is 1. The molecular formula is C26H34N4O5S. The maximum Gasteiger partial charge on any atom is 0.306 e. The van der Waals surface area contributed by atoms with Gasteiger partial charge in [0.1, 0.15) is 0 Å². The maximum atomic E-state index is 12.7. The van der Waals surface area contributed by atoms with E-state index in [9.17, 15) is 13.2 Å². The highest BCUT2D eigenvalue weighted by molar-refractivity contribution is 7.86. The van der Waals surface area contributed by atoms with E-state index in [2.05, 4.69) is 46.5 Å². The summed E-state index contributed by atoms with van der Waals surface area (Å²) in [6.45, 7) is 9.51. The van der Waals surface area contributed by atoms with Gasteiger partial charge in [0.25, 0.3) is 5.91 Å². The van der Waals surface area contributed by atoms with Gasteiger partial charge < -0.3 is 29.4 Å². The Morgan fingerprint density at radius 1 is 1.14 bits per heavy atom. The fourth-order valence-electron chi connectivity index (χ4n) is 4.62. The molecule has 0 fully saturated rings. The van der Waals surface area contributed by atoms with Gasteiger partial charge in [0, 0.05) is 40.8 Å². The third-order valence-corrected chi connectivity index (χ3v) is 6.95. The minimum Gasteiger partial charge on any atom is -0.493 e. The topological polar surface area (TPSA) is 113 Å². The molecular weight excluding hydrogens is 480 g/mol. The predicted octanol–water partition coefficient (Wildman–Crippen LogP) is 3.25. The molecule has 194 valence electrons. The summed E-state index contributed by atoms with van der Waals surface area (Å²) in [6, 6.07) is 9.89. The second-order valence-corrected chi connectivity index (χ2v) is 10.5. The first kappa shape index (κ1) is 26.0. The van der Waals surface area contributed by atoms with E-state index in [1.807, 2.05) is 12.1 Å². The molecule has 0 unspecified atom stereocenters. The number of nitrogens with zero attached hydrogens (tertiary/aromatic N) is 1. The second-order valence-electron chi connectivity index (χ2n) is 8.94. The smallest absolute Gasteiger partial charge is 0.306 e. The van der Waals surface area contributed by atoms with Gasteiger partial charge in [0.15, 0.2) is 11.5 Å². The molecule has 36 heavy (non-hydrogen) atoms. The molecule has 1 amide bonds. The van der Waals surface area contributed by atoms with E-state index in [1.165, 1.54) is 12.7 Å². The Balaban J connectivity index is 1.58. The quantitative estimate of drug-likeness (QED) is 0.251. The van der Waals surface area contributed by atoms with Crippen LogP contribution in [-0.4, -0.2) is 63.8 Å². The Kier molecular flexibility index (Phi) is 7.87. The Labute approximate surface area is 212 Å². The molecule has 2 heterocycles. The molecule has 1 aliphatic heterocycles. The zero-order valence-electron chi connectivity index (χ0n) is 21.2. The van der Waals surface area contributed by atoms with Crippen LogP contribution in [0.5, 0.6) is 11.5 Å². The monoisotopic (exact) mass is 514 g/mol. The average molecular weight is 515 g/mol. The van der Waals surface area contributed by atoms with E-state index < -0.39 is 10.1 Å². The molecule has 0 spiro atoms. The van der Waals surface area contributed by atoms with Gasteiger partial charge in [-0.15, -0.1) is 0 Å². The van der Waals surface area contributed by atoms with Gasteiger partial charge in [0.2, 0.25) is 0 Å². The summed E-state index contributed by atoms with van der Waals surface area (Å²) in [5, 5.41) is 7.31. The number of hydrogen-bond donors (Lipinski definition) is 3. The van der Waals surface area contributed by atoms with Gasteiger partial charge in [-0.25, -0.2) is 0 Å². The number of fused-ring (bicyclic) bond motifs is 2. The van der Waals surface area contributed by atoms with E-state index in [4.69, 9.17) is 8.92 Å². The molecule has 0 atom stereocenters. The van der Waals surface area contributed by atoms with Crippen molar-refractivity contribution in [3.63, 3.8) is 0 Å². The SMILES string of the molecule is CCN(CC)CCCNCc1ccc2[nH]c(-c3cc(OC)c(OS(C)(=O)=O)c4c3C(=O)NC4)cc2c1. The van der Waals surface area contributed by atoms with Crippen LogP contribution in [0.2, 0.25) is 0 Å². The minimum absolute atomic E-state index is 0.0440. The standard InChI is InChI=1S/C26H34N4O5S/c1-5-30(6-2)11-7-10-27-15-17-8-9-21-18(12-17)13-22(29-21)19-14-23(34-3)25(35-36(4,32)33)20-16-28-26(31)24(19)20/h8-9,12-14,27,29H,5-7,10-11,15-16H2,1-4H3,(H,28,31). The van der Waals surface area contributed by atoms with Crippen molar-refractivity contribution in [3.8, 4) is 22.8 Å². The number of hydrogen-bond acceptors (Lipinski definition) is 7. The highest BCUT2D eigenvalue weighted by atomic mass is 32.2. The summed E-state index contributed by atoms with van der Waals surface area (Å²) >= 11 is 0. The van der Waals surface area contributed by atoms with Gasteiger partial charge in [-0.3, -0.25) is 4.79 Å². The summed E-state index contributed by atoms with van der Waals surface area (Å²) in [4.78, 5) is 18.5. The summed E-state index contributed by atoms with van der Waals surface area (Å²) < 4.78 is 34.3. The summed E-state index contributed by atoms with van der Waals surface area (Å²) in [5.41, 5.74) is 4.34. The van der Waals surface area contributed by atoms with Crippen LogP contribution in [0.1, 0.15) is 41.8 Å². The largest absolute Gasteiger partial charge is 0.493 e. The molecule has 2 aromatic carbocycles. The highest BCUT2D eigenvalue weighted by Crippen LogP contribution is 2.43.